The van der Waals surface area contributed by atoms with Crippen molar-refractivity contribution in [2.45, 2.75) is 51.3 Å². The van der Waals surface area contributed by atoms with Crippen LogP contribution in [-0.4, -0.2) is 31.4 Å². The first kappa shape index (κ1) is 16.4. The molecule has 1 aromatic heterocycles. The van der Waals surface area contributed by atoms with Crippen molar-refractivity contribution in [3.05, 3.63) is 23.0 Å². The zero-order valence-electron chi connectivity index (χ0n) is 12.2. The molecule has 0 aliphatic carbocycles. The van der Waals surface area contributed by atoms with Crippen molar-refractivity contribution in [2.75, 3.05) is 6.26 Å². The van der Waals surface area contributed by atoms with Crippen LogP contribution in [0.4, 0.5) is 0 Å². The van der Waals surface area contributed by atoms with Crippen molar-refractivity contribution in [3.8, 4) is 0 Å². The van der Waals surface area contributed by atoms with Crippen molar-refractivity contribution < 1.29 is 9.00 Å². The number of nitrogens with zero attached hydrogens (tertiary/aromatic N) is 1. The van der Waals surface area contributed by atoms with E-state index in [0.29, 0.717) is 5.56 Å². The number of halogens is 1. The van der Waals surface area contributed by atoms with Crippen LogP contribution < -0.4 is 0 Å². The van der Waals surface area contributed by atoms with Gasteiger partial charge in [0, 0.05) is 45.8 Å². The van der Waals surface area contributed by atoms with E-state index in [9.17, 15) is 9.00 Å². The lowest BCUT2D eigenvalue weighted by Gasteiger charge is -2.13. The van der Waals surface area contributed by atoms with Crippen LogP contribution in [0.15, 0.2) is 6.07 Å². The number of hydrogen-bond acceptors (Lipinski definition) is 2. The minimum atomic E-state index is -0.808. The van der Waals surface area contributed by atoms with E-state index >= 15 is 0 Å². The maximum atomic E-state index is 12.0. The monoisotopic (exact) mass is 303 g/mol. The largest absolute Gasteiger partial charge is 0.348 e. The molecule has 0 aromatic carbocycles. The number of carbonyl (C=O) groups is 1. The first-order chi connectivity index (χ1) is 8.75. The van der Waals surface area contributed by atoms with Gasteiger partial charge in [0.15, 0.2) is 5.78 Å². The zero-order chi connectivity index (χ0) is 14.7. The molecule has 1 aromatic rings. The number of Topliss-reactive ketones (excluding diaryl/α,β-unsaturated/α-hetero) is 1. The van der Waals surface area contributed by atoms with Crippen molar-refractivity contribution in [3.63, 3.8) is 0 Å². The molecule has 1 rings (SSSR count). The Morgan fingerprint density at radius 1 is 1.42 bits per heavy atom. The molecule has 0 fully saturated rings. The highest BCUT2D eigenvalue weighted by molar-refractivity contribution is 7.84. The van der Waals surface area contributed by atoms with Crippen LogP contribution in [0.3, 0.4) is 0 Å². The molecule has 0 saturated carbocycles. The average molecular weight is 304 g/mol. The lowest BCUT2D eigenvalue weighted by atomic mass is 10.1. The van der Waals surface area contributed by atoms with Gasteiger partial charge in [0.2, 0.25) is 0 Å². The maximum Gasteiger partial charge on any atom is 0.182 e. The quantitative estimate of drug-likeness (QED) is 0.598. The van der Waals surface area contributed by atoms with Crippen LogP contribution in [0, 0.1) is 13.8 Å². The molecule has 5 heteroatoms. The normalized spacial score (nSPS) is 16.1. The fourth-order valence-corrected chi connectivity index (χ4v) is 2.64. The number of carbonyl (C=O) groups excluding carboxylic acids is 1. The van der Waals surface area contributed by atoms with Crippen molar-refractivity contribution in [1.29, 1.82) is 0 Å². The molecule has 0 radical (unpaired) electrons. The molecule has 108 valence electrons. The smallest absolute Gasteiger partial charge is 0.182 e. The first-order valence-electron chi connectivity index (χ1n) is 6.43. The van der Waals surface area contributed by atoms with E-state index in [0.717, 1.165) is 24.4 Å². The molecule has 1 heterocycles. The Hall–Kier alpha value is -0.610. The predicted octanol–water partition coefficient (Wildman–Crippen LogP) is 3.07. The van der Waals surface area contributed by atoms with E-state index in [-0.39, 0.29) is 11.0 Å². The Morgan fingerprint density at radius 3 is 2.47 bits per heavy atom. The molecule has 19 heavy (non-hydrogen) atoms. The Morgan fingerprint density at radius 2 is 2.00 bits per heavy atom. The minimum absolute atomic E-state index is 0.0341. The molecule has 0 N–H and O–H groups in total. The SMILES string of the molecule is Cc1cc(C(=O)C(C)Cl)c(C)n1CCC(C)S(C)=O. The average Bonchev–Trinajstić information content (AvgIpc) is 2.61. The lowest BCUT2D eigenvalue weighted by molar-refractivity contribution is 0.0991. The van der Waals surface area contributed by atoms with Crippen LogP contribution in [0.25, 0.3) is 0 Å². The first-order valence-corrected chi connectivity index (χ1v) is 8.48. The van der Waals surface area contributed by atoms with Crippen molar-refractivity contribution >= 4 is 28.2 Å². The van der Waals surface area contributed by atoms with Gasteiger partial charge >= 0.3 is 0 Å². The second kappa shape index (κ2) is 6.71. The molecular formula is C14H22ClNO2S. The lowest BCUT2D eigenvalue weighted by Crippen LogP contribution is -2.15. The van der Waals surface area contributed by atoms with Crippen molar-refractivity contribution in [1.82, 2.24) is 4.57 Å². The van der Waals surface area contributed by atoms with E-state index in [1.54, 1.807) is 13.2 Å². The van der Waals surface area contributed by atoms with Gasteiger partial charge in [-0.3, -0.25) is 9.00 Å². The van der Waals surface area contributed by atoms with Crippen LogP contribution >= 0.6 is 11.6 Å². The Bertz CT molecular complexity index is 494. The number of hydrogen-bond donors (Lipinski definition) is 0. The Labute approximate surface area is 122 Å². The summed E-state index contributed by atoms with van der Waals surface area (Å²) in [5.74, 6) is -0.0341. The molecule has 0 bridgehead atoms. The summed E-state index contributed by atoms with van der Waals surface area (Å²) >= 11 is 5.87. The third kappa shape index (κ3) is 3.93. The fraction of sp³-hybridized carbons (Fsp3) is 0.643. The van der Waals surface area contributed by atoms with Crippen molar-refractivity contribution in [2.24, 2.45) is 0 Å². The molecule has 0 aliphatic heterocycles. The fourth-order valence-electron chi connectivity index (χ4n) is 2.09. The van der Waals surface area contributed by atoms with Gasteiger partial charge < -0.3 is 4.57 Å². The van der Waals surface area contributed by atoms with E-state index in [1.807, 2.05) is 26.8 Å². The molecule has 0 spiro atoms. The second-order valence-corrected chi connectivity index (χ2v) is 7.47. The summed E-state index contributed by atoms with van der Waals surface area (Å²) in [4.78, 5) is 12.0. The van der Waals surface area contributed by atoms with E-state index in [2.05, 4.69) is 4.57 Å². The molecule has 0 amide bonds. The van der Waals surface area contributed by atoms with Crippen LogP contribution in [0.1, 0.15) is 42.0 Å². The summed E-state index contributed by atoms with van der Waals surface area (Å²) in [6.07, 6.45) is 2.56. The van der Waals surface area contributed by atoms with Crippen LogP contribution in [-0.2, 0) is 17.3 Å². The minimum Gasteiger partial charge on any atom is -0.348 e. The van der Waals surface area contributed by atoms with Gasteiger partial charge in [-0.15, -0.1) is 11.6 Å². The summed E-state index contributed by atoms with van der Waals surface area (Å²) in [5.41, 5.74) is 2.70. The Kier molecular flexibility index (Phi) is 5.81. The van der Waals surface area contributed by atoms with Crippen LogP contribution in [0.5, 0.6) is 0 Å². The summed E-state index contributed by atoms with van der Waals surface area (Å²) in [6, 6.07) is 1.89. The molecule has 3 nitrogen and oxygen atoms in total. The van der Waals surface area contributed by atoms with E-state index in [1.165, 1.54) is 0 Å². The van der Waals surface area contributed by atoms with Gasteiger partial charge in [-0.05, 0) is 33.3 Å². The second-order valence-electron chi connectivity index (χ2n) is 5.01. The third-order valence-electron chi connectivity index (χ3n) is 3.53. The summed E-state index contributed by atoms with van der Waals surface area (Å²) in [5, 5.41) is -0.344. The highest BCUT2D eigenvalue weighted by Crippen LogP contribution is 2.19. The molecule has 0 saturated heterocycles. The molecular weight excluding hydrogens is 282 g/mol. The van der Waals surface area contributed by atoms with Gasteiger partial charge in [0.05, 0.1) is 5.38 Å². The summed E-state index contributed by atoms with van der Waals surface area (Å²) < 4.78 is 13.5. The van der Waals surface area contributed by atoms with Gasteiger partial charge in [-0.1, -0.05) is 6.92 Å². The van der Waals surface area contributed by atoms with E-state index < -0.39 is 16.2 Å². The molecule has 0 aliphatic rings. The maximum absolute atomic E-state index is 12.0. The number of aryl methyl sites for hydroxylation is 1. The topological polar surface area (TPSA) is 39.1 Å². The highest BCUT2D eigenvalue weighted by Gasteiger charge is 2.19. The van der Waals surface area contributed by atoms with E-state index in [4.69, 9.17) is 11.6 Å². The Balaban J connectivity index is 2.92. The molecule has 3 atom stereocenters. The predicted molar refractivity (Wildman–Crippen MR) is 81.7 cm³/mol. The number of rotatable bonds is 6. The van der Waals surface area contributed by atoms with Crippen LogP contribution in [0.2, 0.25) is 0 Å². The summed E-state index contributed by atoms with van der Waals surface area (Å²) in [7, 11) is -0.808. The zero-order valence-corrected chi connectivity index (χ0v) is 13.8. The van der Waals surface area contributed by atoms with Gasteiger partial charge in [-0.2, -0.15) is 0 Å². The van der Waals surface area contributed by atoms with Gasteiger partial charge in [-0.25, -0.2) is 0 Å². The standard InChI is InChI=1S/C14H22ClNO2S/c1-9-8-13(14(17)11(3)15)12(4)16(9)7-6-10(2)19(5)18/h8,10-11H,6-7H2,1-5H3. The number of alkyl halides is 1. The number of ketones is 1. The van der Waals surface area contributed by atoms with Gasteiger partial charge in [0.1, 0.15) is 0 Å². The number of aromatic nitrogens is 1. The highest BCUT2D eigenvalue weighted by atomic mass is 35.5. The third-order valence-corrected chi connectivity index (χ3v) is 5.09. The summed E-state index contributed by atoms with van der Waals surface area (Å²) in [6.45, 7) is 8.38. The van der Waals surface area contributed by atoms with Gasteiger partial charge in [0.25, 0.3) is 0 Å². The molecule has 3 unspecified atom stereocenters.